The van der Waals surface area contributed by atoms with Gasteiger partial charge in [-0.1, -0.05) is 0 Å². The molecule has 0 spiro atoms. The number of hydrogen-bond donors (Lipinski definition) is 2. The predicted molar refractivity (Wildman–Crippen MR) is 65.6 cm³/mol. The van der Waals surface area contributed by atoms with E-state index in [2.05, 4.69) is 20.4 Å². The predicted octanol–water partition coefficient (Wildman–Crippen LogP) is 0.356. The summed E-state index contributed by atoms with van der Waals surface area (Å²) in [6.07, 6.45) is 3.02. The van der Waals surface area contributed by atoms with Gasteiger partial charge in [0, 0.05) is 19.0 Å². The highest BCUT2D eigenvalue weighted by molar-refractivity contribution is 5.84. The summed E-state index contributed by atoms with van der Waals surface area (Å²) in [5.41, 5.74) is 6.42. The second-order valence-corrected chi connectivity index (χ2v) is 4.59. The molecule has 2 aromatic rings. The molecule has 2 aromatic heterocycles. The van der Waals surface area contributed by atoms with E-state index in [-0.39, 0.29) is 5.92 Å². The van der Waals surface area contributed by atoms with Crippen LogP contribution < -0.4 is 11.1 Å². The minimum Gasteiger partial charge on any atom is -0.383 e. The lowest BCUT2D eigenvalue weighted by Gasteiger charge is -2.26. The van der Waals surface area contributed by atoms with Gasteiger partial charge in [-0.25, -0.2) is 19.0 Å². The van der Waals surface area contributed by atoms with Crippen LogP contribution in [0.4, 0.5) is 10.2 Å². The average molecular weight is 250 g/mol. The number of halogens is 1. The number of rotatable bonds is 2. The van der Waals surface area contributed by atoms with Crippen molar-refractivity contribution in [2.75, 3.05) is 18.8 Å². The van der Waals surface area contributed by atoms with Crippen LogP contribution >= 0.6 is 0 Å². The van der Waals surface area contributed by atoms with Gasteiger partial charge in [0.05, 0.1) is 11.6 Å². The molecule has 0 aliphatic carbocycles. The standard InChI is InChI=1S/C11H15FN6/c12-9-4-14-2-1-7(9)5-18-11-8(3-17-18)10(13)15-6-16-11/h3,6-7,9,14H,1-2,4-5H2,(H2,13,15,16)/t7?,9-/m1/s1. The van der Waals surface area contributed by atoms with Crippen molar-refractivity contribution >= 4 is 16.9 Å². The molecule has 7 heteroatoms. The van der Waals surface area contributed by atoms with Crippen LogP contribution in [-0.2, 0) is 6.54 Å². The molecular weight excluding hydrogens is 235 g/mol. The molecule has 6 nitrogen and oxygen atoms in total. The Morgan fingerprint density at radius 3 is 3.22 bits per heavy atom. The molecule has 0 saturated carbocycles. The van der Waals surface area contributed by atoms with Crippen LogP contribution in [0, 0.1) is 5.92 Å². The smallest absolute Gasteiger partial charge is 0.163 e. The quantitative estimate of drug-likeness (QED) is 0.804. The normalized spacial score (nSPS) is 24.5. The van der Waals surface area contributed by atoms with Gasteiger partial charge in [0.1, 0.15) is 18.3 Å². The average Bonchev–Trinajstić information content (AvgIpc) is 2.77. The van der Waals surface area contributed by atoms with E-state index >= 15 is 0 Å². The van der Waals surface area contributed by atoms with Crippen molar-refractivity contribution in [2.45, 2.75) is 19.1 Å². The van der Waals surface area contributed by atoms with E-state index in [1.54, 1.807) is 10.9 Å². The molecule has 3 heterocycles. The summed E-state index contributed by atoms with van der Waals surface area (Å²) < 4.78 is 15.5. The number of hydrogen-bond acceptors (Lipinski definition) is 5. The SMILES string of the molecule is Nc1ncnc2c1cnn2CC1CCNC[C@H]1F. The molecule has 0 aromatic carbocycles. The summed E-state index contributed by atoms with van der Waals surface area (Å²) in [7, 11) is 0. The van der Waals surface area contributed by atoms with Gasteiger partial charge in [-0.05, 0) is 13.0 Å². The highest BCUT2D eigenvalue weighted by atomic mass is 19.1. The third-order valence-electron chi connectivity index (χ3n) is 3.41. The maximum Gasteiger partial charge on any atom is 0.163 e. The number of aromatic nitrogens is 4. The summed E-state index contributed by atoms with van der Waals surface area (Å²) in [5, 5.41) is 8.00. The lowest BCUT2D eigenvalue weighted by atomic mass is 9.96. The Morgan fingerprint density at radius 2 is 2.39 bits per heavy atom. The van der Waals surface area contributed by atoms with Crippen molar-refractivity contribution in [3.63, 3.8) is 0 Å². The van der Waals surface area contributed by atoms with Gasteiger partial charge >= 0.3 is 0 Å². The monoisotopic (exact) mass is 250 g/mol. The van der Waals surface area contributed by atoms with E-state index in [1.807, 2.05) is 0 Å². The van der Waals surface area contributed by atoms with E-state index in [9.17, 15) is 4.39 Å². The first-order valence-electron chi connectivity index (χ1n) is 6.02. The zero-order chi connectivity index (χ0) is 12.5. The van der Waals surface area contributed by atoms with Gasteiger partial charge < -0.3 is 11.1 Å². The fourth-order valence-electron chi connectivity index (χ4n) is 2.35. The van der Waals surface area contributed by atoms with Crippen molar-refractivity contribution in [2.24, 2.45) is 5.92 Å². The molecule has 3 rings (SSSR count). The zero-order valence-corrected chi connectivity index (χ0v) is 9.88. The summed E-state index contributed by atoms with van der Waals surface area (Å²) in [6.45, 7) is 1.80. The Hall–Kier alpha value is -1.76. The van der Waals surface area contributed by atoms with E-state index in [1.165, 1.54) is 6.33 Å². The van der Waals surface area contributed by atoms with E-state index in [0.717, 1.165) is 18.4 Å². The molecule has 3 N–H and O–H groups in total. The van der Waals surface area contributed by atoms with E-state index in [0.29, 0.717) is 24.6 Å². The fraction of sp³-hybridized carbons (Fsp3) is 0.545. The molecule has 96 valence electrons. The van der Waals surface area contributed by atoms with Gasteiger partial charge in [0.15, 0.2) is 5.65 Å². The highest BCUT2D eigenvalue weighted by Crippen LogP contribution is 2.21. The second kappa shape index (κ2) is 4.49. The van der Waals surface area contributed by atoms with E-state index in [4.69, 9.17) is 5.73 Å². The number of piperidine rings is 1. The van der Waals surface area contributed by atoms with Gasteiger partial charge in [0.25, 0.3) is 0 Å². The Bertz CT molecular complexity index is 553. The molecule has 1 aliphatic heterocycles. The van der Waals surface area contributed by atoms with Crippen LogP contribution in [0.5, 0.6) is 0 Å². The molecule has 1 unspecified atom stereocenters. The van der Waals surface area contributed by atoms with Gasteiger partial charge in [-0.15, -0.1) is 0 Å². The highest BCUT2D eigenvalue weighted by Gasteiger charge is 2.25. The molecule has 1 fully saturated rings. The Labute approximate surface area is 103 Å². The van der Waals surface area contributed by atoms with Crippen molar-refractivity contribution in [3.8, 4) is 0 Å². The first-order valence-corrected chi connectivity index (χ1v) is 6.02. The molecule has 0 bridgehead atoms. The van der Waals surface area contributed by atoms with Crippen molar-refractivity contribution in [1.82, 2.24) is 25.1 Å². The molecule has 1 saturated heterocycles. The Kier molecular flexibility index (Phi) is 2.83. The Morgan fingerprint density at radius 1 is 1.50 bits per heavy atom. The molecule has 0 amide bonds. The van der Waals surface area contributed by atoms with Crippen LogP contribution in [0.15, 0.2) is 12.5 Å². The topological polar surface area (TPSA) is 81.7 Å². The molecular formula is C11H15FN6. The molecule has 2 atom stereocenters. The zero-order valence-electron chi connectivity index (χ0n) is 9.88. The Balaban J connectivity index is 1.88. The first-order chi connectivity index (χ1) is 8.75. The molecule has 0 radical (unpaired) electrons. The number of nitrogens with two attached hydrogens (primary N) is 1. The van der Waals surface area contributed by atoms with Gasteiger partial charge in [0.2, 0.25) is 0 Å². The lowest BCUT2D eigenvalue weighted by Crippen LogP contribution is -2.39. The number of nitrogens with one attached hydrogen (secondary N) is 1. The summed E-state index contributed by atoms with van der Waals surface area (Å²) in [4.78, 5) is 8.08. The first kappa shape index (κ1) is 11.3. The minimum atomic E-state index is -0.836. The maximum atomic E-state index is 13.8. The van der Waals surface area contributed by atoms with Crippen LogP contribution in [0.25, 0.3) is 11.0 Å². The van der Waals surface area contributed by atoms with Crippen LogP contribution in [0.3, 0.4) is 0 Å². The van der Waals surface area contributed by atoms with Crippen molar-refractivity contribution in [1.29, 1.82) is 0 Å². The van der Waals surface area contributed by atoms with Crippen LogP contribution in [0.2, 0.25) is 0 Å². The van der Waals surface area contributed by atoms with E-state index < -0.39 is 6.17 Å². The number of alkyl halides is 1. The molecule has 18 heavy (non-hydrogen) atoms. The maximum absolute atomic E-state index is 13.8. The largest absolute Gasteiger partial charge is 0.383 e. The number of fused-ring (bicyclic) bond motifs is 1. The third-order valence-corrected chi connectivity index (χ3v) is 3.41. The summed E-state index contributed by atoms with van der Waals surface area (Å²) in [6, 6.07) is 0. The molecule has 1 aliphatic rings. The van der Waals surface area contributed by atoms with Crippen molar-refractivity contribution < 1.29 is 4.39 Å². The second-order valence-electron chi connectivity index (χ2n) is 4.59. The minimum absolute atomic E-state index is 0.0226. The van der Waals surface area contributed by atoms with Gasteiger partial charge in [-0.2, -0.15) is 5.10 Å². The third kappa shape index (κ3) is 1.90. The van der Waals surface area contributed by atoms with Crippen molar-refractivity contribution in [3.05, 3.63) is 12.5 Å². The number of nitrogens with zero attached hydrogens (tertiary/aromatic N) is 4. The summed E-state index contributed by atoms with van der Waals surface area (Å²) >= 11 is 0. The number of nitrogen functional groups attached to an aromatic ring is 1. The van der Waals surface area contributed by atoms with Gasteiger partial charge in [-0.3, -0.25) is 0 Å². The van der Waals surface area contributed by atoms with Crippen LogP contribution in [0.1, 0.15) is 6.42 Å². The summed E-state index contributed by atoms with van der Waals surface area (Å²) in [5.74, 6) is 0.388. The van der Waals surface area contributed by atoms with Crippen LogP contribution in [-0.4, -0.2) is 39.0 Å². The number of anilines is 1. The lowest BCUT2D eigenvalue weighted by molar-refractivity contribution is 0.160. The fourth-order valence-corrected chi connectivity index (χ4v) is 2.35.